The fourth-order valence-corrected chi connectivity index (χ4v) is 3.54. The Morgan fingerprint density at radius 2 is 2.10 bits per heavy atom. The van der Waals surface area contributed by atoms with Gasteiger partial charge in [-0.1, -0.05) is 43.1 Å². The van der Waals surface area contributed by atoms with Crippen LogP contribution < -0.4 is 5.32 Å². The molecule has 0 radical (unpaired) electrons. The molecule has 108 valence electrons. The number of amides is 1. The molecule has 2 aromatic rings. The van der Waals surface area contributed by atoms with Crippen LogP contribution in [0.1, 0.15) is 23.5 Å². The Labute approximate surface area is 131 Å². The summed E-state index contributed by atoms with van der Waals surface area (Å²) >= 11 is 13.5. The molecule has 0 saturated carbocycles. The Bertz CT molecular complexity index is 639. The highest BCUT2D eigenvalue weighted by atomic mass is 35.5. The molecule has 3 nitrogen and oxygen atoms in total. The number of hydrogen-bond acceptors (Lipinski definition) is 3. The summed E-state index contributed by atoms with van der Waals surface area (Å²) in [7, 11) is 0. The Morgan fingerprint density at radius 3 is 2.70 bits per heavy atom. The molecule has 1 atom stereocenters. The molecule has 0 spiro atoms. The lowest BCUT2D eigenvalue weighted by Crippen LogP contribution is -2.40. The maximum absolute atomic E-state index is 12.3. The van der Waals surface area contributed by atoms with Crippen LogP contribution in [0.4, 0.5) is 0 Å². The van der Waals surface area contributed by atoms with E-state index in [1.807, 2.05) is 13.8 Å². The fraction of sp³-hybridized carbons (Fsp3) is 0.357. The molecule has 0 bridgehead atoms. The predicted octanol–water partition coefficient (Wildman–Crippen LogP) is 3.95. The van der Waals surface area contributed by atoms with E-state index in [2.05, 4.69) is 5.32 Å². The van der Waals surface area contributed by atoms with E-state index in [9.17, 15) is 9.90 Å². The number of thiophene rings is 1. The van der Waals surface area contributed by atoms with Crippen molar-refractivity contribution in [3.05, 3.63) is 33.1 Å². The van der Waals surface area contributed by atoms with Gasteiger partial charge in [0.05, 0.1) is 17.7 Å². The topological polar surface area (TPSA) is 49.3 Å². The summed E-state index contributed by atoms with van der Waals surface area (Å²) in [5.41, 5.74) is 0. The summed E-state index contributed by atoms with van der Waals surface area (Å²) in [6, 6.07) is 5.05. The number of nitrogens with one attached hydrogen (secondary N) is 1. The lowest BCUT2D eigenvalue weighted by molar-refractivity contribution is 0.0901. The van der Waals surface area contributed by atoms with Gasteiger partial charge in [-0.3, -0.25) is 4.79 Å². The van der Waals surface area contributed by atoms with E-state index in [-0.39, 0.29) is 24.5 Å². The number of aliphatic hydroxyl groups is 1. The maximum atomic E-state index is 12.3. The van der Waals surface area contributed by atoms with Gasteiger partial charge in [-0.15, -0.1) is 11.3 Å². The zero-order valence-electron chi connectivity index (χ0n) is 11.1. The van der Waals surface area contributed by atoms with Crippen molar-refractivity contribution < 1.29 is 9.90 Å². The first-order valence-electron chi connectivity index (χ1n) is 6.23. The number of carbonyl (C=O) groups is 1. The summed E-state index contributed by atoms with van der Waals surface area (Å²) in [6.07, 6.45) is 0. The number of halogens is 2. The first-order valence-corrected chi connectivity index (χ1v) is 7.80. The predicted molar refractivity (Wildman–Crippen MR) is 85.0 cm³/mol. The molecule has 0 aliphatic rings. The Kier molecular flexibility index (Phi) is 4.91. The molecule has 0 saturated heterocycles. The highest BCUT2D eigenvalue weighted by Crippen LogP contribution is 2.36. The summed E-state index contributed by atoms with van der Waals surface area (Å²) in [5.74, 6) is -0.119. The molecule has 20 heavy (non-hydrogen) atoms. The first kappa shape index (κ1) is 15.6. The van der Waals surface area contributed by atoms with Crippen molar-refractivity contribution in [3.63, 3.8) is 0 Å². The third-order valence-electron chi connectivity index (χ3n) is 3.12. The third-order valence-corrected chi connectivity index (χ3v) is 5.01. The van der Waals surface area contributed by atoms with Gasteiger partial charge in [-0.25, -0.2) is 0 Å². The minimum atomic E-state index is -0.285. The number of fused-ring (bicyclic) bond motifs is 1. The van der Waals surface area contributed by atoms with Crippen LogP contribution in [0.25, 0.3) is 10.1 Å². The van der Waals surface area contributed by atoms with Gasteiger partial charge in [-0.2, -0.15) is 0 Å². The molecule has 1 heterocycles. The van der Waals surface area contributed by atoms with E-state index in [0.717, 1.165) is 10.1 Å². The molecule has 1 amide bonds. The van der Waals surface area contributed by atoms with Crippen molar-refractivity contribution in [2.24, 2.45) is 5.92 Å². The zero-order valence-corrected chi connectivity index (χ0v) is 13.4. The van der Waals surface area contributed by atoms with Crippen LogP contribution in [0.15, 0.2) is 18.2 Å². The zero-order chi connectivity index (χ0) is 14.9. The van der Waals surface area contributed by atoms with Gasteiger partial charge in [0.2, 0.25) is 0 Å². The van der Waals surface area contributed by atoms with Gasteiger partial charge >= 0.3 is 0 Å². The minimum absolute atomic E-state index is 0.0995. The monoisotopic (exact) mass is 331 g/mol. The number of aliphatic hydroxyl groups excluding tert-OH is 1. The minimum Gasteiger partial charge on any atom is -0.394 e. The molecule has 0 unspecified atom stereocenters. The molecule has 0 aliphatic heterocycles. The largest absolute Gasteiger partial charge is 0.394 e. The summed E-state index contributed by atoms with van der Waals surface area (Å²) in [4.78, 5) is 12.7. The number of hydrogen-bond donors (Lipinski definition) is 2. The lowest BCUT2D eigenvalue weighted by atomic mass is 10.1. The van der Waals surface area contributed by atoms with E-state index < -0.39 is 0 Å². The van der Waals surface area contributed by atoms with Crippen LogP contribution in [-0.2, 0) is 0 Å². The highest BCUT2D eigenvalue weighted by Gasteiger charge is 2.21. The number of carbonyl (C=O) groups excluding carboxylic acids is 1. The van der Waals surface area contributed by atoms with E-state index in [4.69, 9.17) is 23.2 Å². The van der Waals surface area contributed by atoms with Crippen LogP contribution in [0.2, 0.25) is 10.0 Å². The molecule has 1 aromatic heterocycles. The summed E-state index contributed by atoms with van der Waals surface area (Å²) < 4.78 is 0.873. The van der Waals surface area contributed by atoms with Crippen molar-refractivity contribution in [1.29, 1.82) is 0 Å². The normalized spacial score (nSPS) is 12.9. The van der Waals surface area contributed by atoms with E-state index >= 15 is 0 Å². The molecular weight excluding hydrogens is 317 g/mol. The number of benzene rings is 1. The van der Waals surface area contributed by atoms with Crippen molar-refractivity contribution in [3.8, 4) is 0 Å². The van der Waals surface area contributed by atoms with Gasteiger partial charge in [0, 0.05) is 15.1 Å². The highest BCUT2D eigenvalue weighted by molar-refractivity contribution is 7.21. The molecular formula is C14H15Cl2NO2S. The smallest absolute Gasteiger partial charge is 0.263 e. The van der Waals surface area contributed by atoms with Crippen LogP contribution in [0.3, 0.4) is 0 Å². The fourth-order valence-electron chi connectivity index (χ4n) is 1.84. The van der Waals surface area contributed by atoms with E-state index in [0.29, 0.717) is 14.9 Å². The molecule has 0 aliphatic carbocycles. The molecule has 0 fully saturated rings. The molecule has 2 N–H and O–H groups in total. The quantitative estimate of drug-likeness (QED) is 0.890. The lowest BCUT2D eigenvalue weighted by Gasteiger charge is -2.19. The summed E-state index contributed by atoms with van der Waals surface area (Å²) in [5, 5.41) is 13.9. The maximum Gasteiger partial charge on any atom is 0.263 e. The SMILES string of the molecule is CC(C)[C@@H](CO)NC(=O)c1sc2cc(Cl)ccc2c1Cl. The Balaban J connectivity index is 2.33. The molecule has 2 rings (SSSR count). The van der Waals surface area contributed by atoms with Crippen molar-refractivity contribution in [2.75, 3.05) is 6.61 Å². The van der Waals surface area contributed by atoms with Gasteiger partial charge < -0.3 is 10.4 Å². The molecule has 6 heteroatoms. The average Bonchev–Trinajstić information content (AvgIpc) is 2.72. The Hall–Kier alpha value is -0.810. The van der Waals surface area contributed by atoms with Crippen molar-refractivity contribution >= 4 is 50.5 Å². The van der Waals surface area contributed by atoms with Gasteiger partial charge in [-0.05, 0) is 18.1 Å². The van der Waals surface area contributed by atoms with E-state index in [1.165, 1.54) is 11.3 Å². The van der Waals surface area contributed by atoms with Crippen LogP contribution in [-0.4, -0.2) is 23.7 Å². The third kappa shape index (κ3) is 3.09. The Morgan fingerprint density at radius 1 is 1.40 bits per heavy atom. The average molecular weight is 332 g/mol. The van der Waals surface area contributed by atoms with Crippen molar-refractivity contribution in [1.82, 2.24) is 5.32 Å². The second-order valence-corrected chi connectivity index (χ2v) is 6.76. The van der Waals surface area contributed by atoms with Gasteiger partial charge in [0.1, 0.15) is 4.88 Å². The van der Waals surface area contributed by atoms with Crippen LogP contribution >= 0.6 is 34.5 Å². The van der Waals surface area contributed by atoms with E-state index in [1.54, 1.807) is 18.2 Å². The first-order chi connectivity index (χ1) is 9.43. The van der Waals surface area contributed by atoms with Crippen LogP contribution in [0.5, 0.6) is 0 Å². The van der Waals surface area contributed by atoms with Gasteiger partial charge in [0.25, 0.3) is 5.91 Å². The van der Waals surface area contributed by atoms with Gasteiger partial charge in [0.15, 0.2) is 0 Å². The standard InChI is InChI=1S/C14H15Cl2NO2S/c1-7(2)10(6-18)17-14(19)13-12(16)9-4-3-8(15)5-11(9)20-13/h3-5,7,10,18H,6H2,1-2H3,(H,17,19)/t10-/m1/s1. The number of rotatable bonds is 4. The second-order valence-electron chi connectivity index (χ2n) is 4.89. The molecule has 1 aromatic carbocycles. The second kappa shape index (κ2) is 6.31. The van der Waals surface area contributed by atoms with Crippen LogP contribution in [0, 0.1) is 5.92 Å². The van der Waals surface area contributed by atoms with Crippen molar-refractivity contribution in [2.45, 2.75) is 19.9 Å². The summed E-state index contributed by atoms with van der Waals surface area (Å²) in [6.45, 7) is 3.78.